The number of aryl methyl sites for hydroxylation is 2. The van der Waals surface area contributed by atoms with E-state index in [-0.39, 0.29) is 0 Å². The molecular formula is C9H15N5S. The van der Waals surface area contributed by atoms with Gasteiger partial charge in [-0.05, 0) is 19.4 Å². The van der Waals surface area contributed by atoms with Crippen molar-refractivity contribution in [2.24, 2.45) is 5.73 Å². The lowest BCUT2D eigenvalue weighted by molar-refractivity contribution is 0.748. The van der Waals surface area contributed by atoms with Gasteiger partial charge in [0.25, 0.3) is 0 Å². The topological polar surface area (TPSA) is 69.1 Å². The van der Waals surface area contributed by atoms with Gasteiger partial charge in [-0.15, -0.1) is 10.2 Å². The molecule has 0 spiro atoms. The van der Waals surface area contributed by atoms with Gasteiger partial charge in [0.2, 0.25) is 4.96 Å². The first-order valence-electron chi connectivity index (χ1n) is 5.25. The van der Waals surface area contributed by atoms with Gasteiger partial charge in [0, 0.05) is 12.8 Å². The molecule has 2 rings (SSSR count). The fraction of sp³-hybridized carbons (Fsp3) is 0.667. The molecular weight excluding hydrogens is 210 g/mol. The molecule has 0 aromatic carbocycles. The van der Waals surface area contributed by atoms with Crippen LogP contribution in [0.4, 0.5) is 0 Å². The Hall–Kier alpha value is -1.01. The van der Waals surface area contributed by atoms with Gasteiger partial charge in [0.05, 0.1) is 0 Å². The van der Waals surface area contributed by atoms with E-state index >= 15 is 0 Å². The monoisotopic (exact) mass is 225 g/mol. The van der Waals surface area contributed by atoms with Crippen molar-refractivity contribution >= 4 is 16.3 Å². The summed E-state index contributed by atoms with van der Waals surface area (Å²) in [5, 5.41) is 13.8. The highest BCUT2D eigenvalue weighted by Gasteiger charge is 2.10. The molecule has 0 amide bonds. The summed E-state index contributed by atoms with van der Waals surface area (Å²) in [6, 6.07) is 0. The minimum atomic E-state index is 0.710. The highest BCUT2D eigenvalue weighted by Crippen LogP contribution is 2.15. The highest BCUT2D eigenvalue weighted by molar-refractivity contribution is 7.16. The van der Waals surface area contributed by atoms with Crippen LogP contribution in [0.1, 0.15) is 30.6 Å². The Kier molecular flexibility index (Phi) is 3.27. The van der Waals surface area contributed by atoms with Crippen LogP contribution < -0.4 is 5.73 Å². The number of rotatable bonds is 5. The molecule has 0 fully saturated rings. The van der Waals surface area contributed by atoms with E-state index in [9.17, 15) is 0 Å². The first-order chi connectivity index (χ1) is 7.35. The lowest BCUT2D eigenvalue weighted by atomic mass is 10.3. The van der Waals surface area contributed by atoms with E-state index in [1.54, 1.807) is 11.3 Å². The molecule has 0 saturated carbocycles. The standard InChI is InChI=1S/C9H15N5S/c1-2-4-7-11-12-9-14(7)13-8(15-9)5-3-6-10/h2-6,10H2,1H3. The first-order valence-corrected chi connectivity index (χ1v) is 6.07. The number of hydrogen-bond acceptors (Lipinski definition) is 5. The van der Waals surface area contributed by atoms with E-state index in [1.807, 2.05) is 4.52 Å². The lowest BCUT2D eigenvalue weighted by Gasteiger charge is -1.92. The molecule has 82 valence electrons. The fourth-order valence-corrected chi connectivity index (χ4v) is 2.32. The van der Waals surface area contributed by atoms with Crippen LogP contribution in [0.2, 0.25) is 0 Å². The quantitative estimate of drug-likeness (QED) is 0.825. The van der Waals surface area contributed by atoms with Gasteiger partial charge in [-0.2, -0.15) is 9.61 Å². The summed E-state index contributed by atoms with van der Waals surface area (Å²) >= 11 is 1.61. The van der Waals surface area contributed by atoms with Gasteiger partial charge in [-0.25, -0.2) is 0 Å². The van der Waals surface area contributed by atoms with Gasteiger partial charge in [-0.1, -0.05) is 18.3 Å². The van der Waals surface area contributed by atoms with E-state index in [2.05, 4.69) is 22.2 Å². The average molecular weight is 225 g/mol. The van der Waals surface area contributed by atoms with E-state index in [0.717, 1.165) is 41.5 Å². The summed E-state index contributed by atoms with van der Waals surface area (Å²) in [6.07, 6.45) is 3.92. The maximum absolute atomic E-state index is 5.47. The largest absolute Gasteiger partial charge is 0.330 e. The number of fused-ring (bicyclic) bond motifs is 1. The number of hydrogen-bond donors (Lipinski definition) is 1. The molecule has 0 aliphatic carbocycles. The Labute approximate surface area is 92.3 Å². The molecule has 0 bridgehead atoms. The van der Waals surface area contributed by atoms with E-state index in [1.165, 1.54) is 0 Å². The zero-order chi connectivity index (χ0) is 10.7. The van der Waals surface area contributed by atoms with Crippen molar-refractivity contribution in [3.05, 3.63) is 10.8 Å². The molecule has 2 aromatic heterocycles. The number of nitrogens with two attached hydrogens (primary N) is 1. The SMILES string of the molecule is CCCc1nnc2sc(CCCN)nn12. The Bertz CT molecular complexity index is 433. The molecule has 0 atom stereocenters. The van der Waals surface area contributed by atoms with Gasteiger partial charge in [0.1, 0.15) is 5.01 Å². The van der Waals surface area contributed by atoms with Crippen molar-refractivity contribution < 1.29 is 0 Å². The number of aromatic nitrogens is 4. The summed E-state index contributed by atoms with van der Waals surface area (Å²) in [4.78, 5) is 0.894. The van der Waals surface area contributed by atoms with Crippen molar-refractivity contribution in [3.8, 4) is 0 Å². The van der Waals surface area contributed by atoms with Crippen LogP contribution in [-0.4, -0.2) is 26.4 Å². The van der Waals surface area contributed by atoms with Crippen molar-refractivity contribution in [3.63, 3.8) is 0 Å². The maximum Gasteiger partial charge on any atom is 0.234 e. The van der Waals surface area contributed by atoms with Gasteiger partial charge in [0.15, 0.2) is 5.82 Å². The summed E-state index contributed by atoms with van der Waals surface area (Å²) in [5.41, 5.74) is 5.47. The summed E-state index contributed by atoms with van der Waals surface area (Å²) in [5.74, 6) is 0.961. The second-order valence-corrected chi connectivity index (χ2v) is 4.49. The zero-order valence-corrected chi connectivity index (χ0v) is 9.63. The molecule has 0 saturated heterocycles. The molecule has 15 heavy (non-hydrogen) atoms. The molecule has 6 heteroatoms. The molecule has 2 N–H and O–H groups in total. The predicted molar refractivity (Wildman–Crippen MR) is 60.0 cm³/mol. The molecule has 2 heterocycles. The van der Waals surface area contributed by atoms with Crippen LogP contribution in [0, 0.1) is 0 Å². The van der Waals surface area contributed by atoms with Crippen LogP contribution in [0.25, 0.3) is 4.96 Å². The third-order valence-corrected chi connectivity index (χ3v) is 3.12. The van der Waals surface area contributed by atoms with Crippen LogP contribution in [0.5, 0.6) is 0 Å². The van der Waals surface area contributed by atoms with Gasteiger partial charge in [-0.3, -0.25) is 0 Å². The van der Waals surface area contributed by atoms with Crippen LogP contribution in [0.3, 0.4) is 0 Å². The Morgan fingerprint density at radius 1 is 1.33 bits per heavy atom. The second kappa shape index (κ2) is 4.67. The third kappa shape index (κ3) is 2.15. The third-order valence-electron chi connectivity index (χ3n) is 2.17. The van der Waals surface area contributed by atoms with Crippen molar-refractivity contribution in [1.82, 2.24) is 19.8 Å². The van der Waals surface area contributed by atoms with Gasteiger partial charge < -0.3 is 5.73 Å². The minimum absolute atomic E-state index is 0.710. The minimum Gasteiger partial charge on any atom is -0.330 e. The normalized spacial score (nSPS) is 11.3. The predicted octanol–water partition coefficient (Wildman–Crippen LogP) is 1.03. The molecule has 2 aromatic rings. The smallest absolute Gasteiger partial charge is 0.234 e. The Morgan fingerprint density at radius 2 is 2.20 bits per heavy atom. The number of nitrogens with zero attached hydrogens (tertiary/aromatic N) is 4. The highest BCUT2D eigenvalue weighted by atomic mass is 32.1. The summed E-state index contributed by atoms with van der Waals surface area (Å²) < 4.78 is 1.86. The molecule has 5 nitrogen and oxygen atoms in total. The van der Waals surface area contributed by atoms with Crippen LogP contribution in [0.15, 0.2) is 0 Å². The van der Waals surface area contributed by atoms with Crippen molar-refractivity contribution in [2.45, 2.75) is 32.6 Å². The summed E-state index contributed by atoms with van der Waals surface area (Å²) in [6.45, 7) is 2.84. The summed E-state index contributed by atoms with van der Waals surface area (Å²) in [7, 11) is 0. The first kappa shape index (κ1) is 10.5. The molecule has 0 radical (unpaired) electrons. The average Bonchev–Trinajstić information content (AvgIpc) is 2.77. The molecule has 0 unspecified atom stereocenters. The Balaban J connectivity index is 2.22. The Morgan fingerprint density at radius 3 is 2.93 bits per heavy atom. The lowest BCUT2D eigenvalue weighted by Crippen LogP contribution is -2.01. The maximum atomic E-state index is 5.47. The van der Waals surface area contributed by atoms with Gasteiger partial charge >= 0.3 is 0 Å². The van der Waals surface area contributed by atoms with Crippen molar-refractivity contribution in [1.29, 1.82) is 0 Å². The zero-order valence-electron chi connectivity index (χ0n) is 8.81. The van der Waals surface area contributed by atoms with E-state index < -0.39 is 0 Å². The van der Waals surface area contributed by atoms with Crippen LogP contribution in [-0.2, 0) is 12.8 Å². The molecule has 0 aliphatic rings. The van der Waals surface area contributed by atoms with E-state index in [0.29, 0.717) is 6.54 Å². The van der Waals surface area contributed by atoms with E-state index in [4.69, 9.17) is 5.73 Å². The van der Waals surface area contributed by atoms with Crippen molar-refractivity contribution in [2.75, 3.05) is 6.54 Å². The molecule has 0 aliphatic heterocycles. The fourth-order valence-electron chi connectivity index (χ4n) is 1.43. The second-order valence-electron chi connectivity index (χ2n) is 3.45. The van der Waals surface area contributed by atoms with Crippen LogP contribution >= 0.6 is 11.3 Å².